The third kappa shape index (κ3) is 2.55. The summed E-state index contributed by atoms with van der Waals surface area (Å²) in [6.45, 7) is 1.78. The number of allylic oxidation sites excluding steroid dienone is 2. The number of carbonyl (C=O) groups excluding carboxylic acids is 1. The van der Waals surface area contributed by atoms with Crippen LogP contribution in [0.3, 0.4) is 0 Å². The molecule has 0 fully saturated rings. The molecule has 0 spiro atoms. The highest BCUT2D eigenvalue weighted by molar-refractivity contribution is 7.84. The van der Waals surface area contributed by atoms with E-state index in [4.69, 9.17) is 0 Å². The molecule has 1 nitrogen and oxygen atoms in total. The van der Waals surface area contributed by atoms with Crippen LogP contribution in [0.5, 0.6) is 0 Å². The summed E-state index contributed by atoms with van der Waals surface area (Å²) in [4.78, 5) is 12.1. The molecule has 0 unspecified atom stereocenters. The van der Waals surface area contributed by atoms with Crippen molar-refractivity contribution in [3.63, 3.8) is 0 Å². The van der Waals surface area contributed by atoms with Gasteiger partial charge in [0.1, 0.15) is 0 Å². The highest BCUT2D eigenvalue weighted by atomic mass is 32.1. The molecule has 0 N–H and O–H groups in total. The second-order valence-corrected chi connectivity index (χ2v) is 3.22. The van der Waals surface area contributed by atoms with Crippen LogP contribution < -0.4 is 0 Å². The fourth-order valence-electron chi connectivity index (χ4n) is 0.875. The summed E-state index contributed by atoms with van der Waals surface area (Å²) in [6.07, 6.45) is 1.51. The smallest absolute Gasteiger partial charge is 0.186 e. The fourth-order valence-corrected chi connectivity index (χ4v) is 0.993. The molecule has 0 aliphatic carbocycles. The monoisotopic (exact) mass is 178 g/mol. The van der Waals surface area contributed by atoms with Crippen LogP contribution in [0.1, 0.15) is 17.3 Å². The largest absolute Gasteiger partial charge is 0.289 e. The lowest BCUT2D eigenvalue weighted by Crippen LogP contribution is -1.93. The Kier molecular flexibility index (Phi) is 3.11. The molecule has 1 aromatic carbocycles. The van der Waals surface area contributed by atoms with Gasteiger partial charge in [0, 0.05) is 5.56 Å². The van der Waals surface area contributed by atoms with Gasteiger partial charge in [-0.3, -0.25) is 4.79 Å². The first-order valence-corrected chi connectivity index (χ1v) is 4.11. The van der Waals surface area contributed by atoms with Gasteiger partial charge in [-0.1, -0.05) is 30.3 Å². The van der Waals surface area contributed by atoms with E-state index >= 15 is 0 Å². The first-order chi connectivity index (χ1) is 5.70. The minimum absolute atomic E-state index is 0.00287. The molecule has 0 saturated carbocycles. The number of benzene rings is 1. The maximum atomic E-state index is 11.3. The Morgan fingerprint density at radius 2 is 1.92 bits per heavy atom. The fraction of sp³-hybridized carbons (Fsp3) is 0.100. The average Bonchev–Trinajstić information content (AvgIpc) is 2.05. The molecule has 0 radical (unpaired) electrons. The summed E-state index contributed by atoms with van der Waals surface area (Å²) >= 11 is 4.03. The van der Waals surface area contributed by atoms with E-state index in [1.54, 1.807) is 19.1 Å². The molecule has 0 aromatic heterocycles. The minimum atomic E-state index is 0.00287. The van der Waals surface area contributed by atoms with Crippen molar-refractivity contribution in [2.24, 2.45) is 0 Å². The summed E-state index contributed by atoms with van der Waals surface area (Å²) in [5.74, 6) is 0.00287. The summed E-state index contributed by atoms with van der Waals surface area (Å²) in [7, 11) is 0. The number of ketones is 1. The van der Waals surface area contributed by atoms with Crippen LogP contribution in [-0.2, 0) is 0 Å². The zero-order valence-electron chi connectivity index (χ0n) is 6.82. The first kappa shape index (κ1) is 9.07. The maximum Gasteiger partial charge on any atom is 0.186 e. The van der Waals surface area contributed by atoms with E-state index < -0.39 is 0 Å². The van der Waals surface area contributed by atoms with Crippen molar-refractivity contribution in [2.75, 3.05) is 0 Å². The van der Waals surface area contributed by atoms with E-state index in [-0.39, 0.29) is 5.78 Å². The van der Waals surface area contributed by atoms with Gasteiger partial charge in [-0.2, -0.15) is 0 Å². The minimum Gasteiger partial charge on any atom is -0.289 e. The van der Waals surface area contributed by atoms with E-state index in [1.807, 2.05) is 18.2 Å². The van der Waals surface area contributed by atoms with E-state index in [1.165, 1.54) is 6.08 Å². The molecule has 0 heterocycles. The lowest BCUT2D eigenvalue weighted by Gasteiger charge is -1.93. The highest BCUT2D eigenvalue weighted by Gasteiger charge is 1.99. The van der Waals surface area contributed by atoms with Crippen molar-refractivity contribution in [3.8, 4) is 0 Å². The normalized spacial score (nSPS) is 11.3. The van der Waals surface area contributed by atoms with Crippen molar-refractivity contribution in [1.82, 2.24) is 0 Å². The summed E-state index contributed by atoms with van der Waals surface area (Å²) in [5.41, 5.74) is 0.700. The standard InChI is InChI=1S/C10H10OS/c1-8(12)7-10(11)9-5-3-2-4-6-9/h2-7,12H,1H3/b8-7-. The number of carbonyl (C=O) groups is 1. The van der Waals surface area contributed by atoms with Gasteiger partial charge in [0.15, 0.2) is 5.78 Å². The number of rotatable bonds is 2. The maximum absolute atomic E-state index is 11.3. The van der Waals surface area contributed by atoms with Crippen LogP contribution in [0.25, 0.3) is 0 Å². The van der Waals surface area contributed by atoms with Gasteiger partial charge in [0.2, 0.25) is 0 Å². The summed E-state index contributed by atoms with van der Waals surface area (Å²) in [6, 6.07) is 9.14. The molecule has 0 saturated heterocycles. The van der Waals surface area contributed by atoms with Gasteiger partial charge in [-0.15, -0.1) is 12.6 Å². The summed E-state index contributed by atoms with van der Waals surface area (Å²) in [5, 5.41) is 0. The Morgan fingerprint density at radius 1 is 1.33 bits per heavy atom. The van der Waals surface area contributed by atoms with E-state index in [9.17, 15) is 4.79 Å². The van der Waals surface area contributed by atoms with Gasteiger partial charge in [0.25, 0.3) is 0 Å². The highest BCUT2D eigenvalue weighted by Crippen LogP contribution is 2.04. The topological polar surface area (TPSA) is 17.1 Å². The Bertz CT molecular complexity index is 297. The Hall–Kier alpha value is -1.02. The first-order valence-electron chi connectivity index (χ1n) is 3.67. The van der Waals surface area contributed by atoms with Crippen LogP contribution in [0.15, 0.2) is 41.3 Å². The number of hydrogen-bond donors (Lipinski definition) is 1. The summed E-state index contributed by atoms with van der Waals surface area (Å²) < 4.78 is 0. The number of hydrogen-bond acceptors (Lipinski definition) is 2. The van der Waals surface area contributed by atoms with Crippen molar-refractivity contribution in [2.45, 2.75) is 6.92 Å². The number of thiol groups is 1. The van der Waals surface area contributed by atoms with E-state index in [2.05, 4.69) is 12.6 Å². The van der Waals surface area contributed by atoms with Crippen molar-refractivity contribution < 1.29 is 4.79 Å². The van der Waals surface area contributed by atoms with Gasteiger partial charge in [-0.05, 0) is 17.9 Å². The SMILES string of the molecule is C/C(S)=C/C(=O)c1ccccc1. The van der Waals surface area contributed by atoms with Gasteiger partial charge in [0.05, 0.1) is 0 Å². The predicted octanol–water partition coefficient (Wildman–Crippen LogP) is 2.70. The molecule has 0 amide bonds. The van der Waals surface area contributed by atoms with Crippen molar-refractivity contribution >= 4 is 18.4 Å². The molecule has 0 aliphatic heterocycles. The lowest BCUT2D eigenvalue weighted by atomic mass is 10.1. The zero-order valence-corrected chi connectivity index (χ0v) is 7.71. The second kappa shape index (κ2) is 4.12. The average molecular weight is 178 g/mol. The third-order valence-corrected chi connectivity index (χ3v) is 1.53. The predicted molar refractivity (Wildman–Crippen MR) is 53.5 cm³/mol. The van der Waals surface area contributed by atoms with Gasteiger partial charge < -0.3 is 0 Å². The zero-order chi connectivity index (χ0) is 8.97. The molecule has 0 atom stereocenters. The molecule has 2 heteroatoms. The molecule has 0 aliphatic rings. The lowest BCUT2D eigenvalue weighted by molar-refractivity contribution is 0.104. The molecular formula is C10H10OS. The van der Waals surface area contributed by atoms with Crippen LogP contribution in [-0.4, -0.2) is 5.78 Å². The Labute approximate surface area is 77.5 Å². The molecule has 12 heavy (non-hydrogen) atoms. The van der Waals surface area contributed by atoms with Crippen LogP contribution in [0.4, 0.5) is 0 Å². The van der Waals surface area contributed by atoms with Gasteiger partial charge in [-0.25, -0.2) is 0 Å². The molecule has 1 rings (SSSR count). The van der Waals surface area contributed by atoms with Crippen LogP contribution in [0, 0.1) is 0 Å². The third-order valence-electron chi connectivity index (χ3n) is 1.40. The van der Waals surface area contributed by atoms with Crippen LogP contribution >= 0.6 is 12.6 Å². The quantitative estimate of drug-likeness (QED) is 0.418. The molecule has 1 aromatic rings. The molecule has 62 valence electrons. The van der Waals surface area contributed by atoms with E-state index in [0.29, 0.717) is 5.56 Å². The Morgan fingerprint density at radius 3 is 2.42 bits per heavy atom. The second-order valence-electron chi connectivity index (χ2n) is 2.52. The van der Waals surface area contributed by atoms with Crippen molar-refractivity contribution in [3.05, 3.63) is 46.9 Å². The molecule has 0 bridgehead atoms. The Balaban J connectivity index is 2.87. The molecular weight excluding hydrogens is 168 g/mol. The van der Waals surface area contributed by atoms with Crippen molar-refractivity contribution in [1.29, 1.82) is 0 Å². The van der Waals surface area contributed by atoms with Crippen LogP contribution in [0.2, 0.25) is 0 Å². The van der Waals surface area contributed by atoms with E-state index in [0.717, 1.165) is 4.91 Å². The van der Waals surface area contributed by atoms with Gasteiger partial charge >= 0.3 is 0 Å².